The molecular formula is C19H22N2O5. The number of hydrogen-bond acceptors (Lipinski definition) is 5. The Bertz CT molecular complexity index is 829. The minimum Gasteiger partial charge on any atom is -0.504 e. The molecule has 138 valence electrons. The molecule has 1 aliphatic heterocycles. The van der Waals surface area contributed by atoms with Gasteiger partial charge < -0.3 is 24.8 Å². The van der Waals surface area contributed by atoms with Gasteiger partial charge in [-0.1, -0.05) is 13.0 Å². The Balaban J connectivity index is 1.88. The summed E-state index contributed by atoms with van der Waals surface area (Å²) in [5.41, 5.74) is 0.642. The third-order valence-corrected chi connectivity index (χ3v) is 4.58. The van der Waals surface area contributed by atoms with Gasteiger partial charge in [0.1, 0.15) is 23.6 Å². The van der Waals surface area contributed by atoms with Crippen molar-refractivity contribution in [3.8, 4) is 11.5 Å². The molecule has 7 nitrogen and oxygen atoms in total. The van der Waals surface area contributed by atoms with Crippen molar-refractivity contribution in [2.75, 3.05) is 0 Å². The molecule has 2 heterocycles. The van der Waals surface area contributed by atoms with Crippen LogP contribution in [0.2, 0.25) is 0 Å². The molecule has 2 aromatic rings. The maximum atomic E-state index is 12.8. The van der Waals surface area contributed by atoms with Gasteiger partial charge in [0.2, 0.25) is 11.8 Å². The van der Waals surface area contributed by atoms with E-state index < -0.39 is 12.1 Å². The molecule has 0 spiro atoms. The average molecular weight is 358 g/mol. The Morgan fingerprint density at radius 2 is 1.92 bits per heavy atom. The van der Waals surface area contributed by atoms with Crippen LogP contribution in [0.1, 0.15) is 30.4 Å². The van der Waals surface area contributed by atoms with Crippen molar-refractivity contribution >= 4 is 11.8 Å². The number of amides is 2. The molecule has 2 amide bonds. The highest BCUT2D eigenvalue weighted by Gasteiger charge is 2.40. The van der Waals surface area contributed by atoms with Crippen LogP contribution >= 0.6 is 0 Å². The third-order valence-electron chi connectivity index (χ3n) is 4.58. The van der Waals surface area contributed by atoms with E-state index in [1.165, 1.54) is 17.0 Å². The number of aryl methyl sites for hydroxylation is 1. The van der Waals surface area contributed by atoms with Crippen molar-refractivity contribution in [3.05, 3.63) is 47.4 Å². The number of hydrogen-bond donors (Lipinski definition) is 3. The second-order valence-corrected chi connectivity index (χ2v) is 6.49. The summed E-state index contributed by atoms with van der Waals surface area (Å²) in [6, 6.07) is 6.71. The fourth-order valence-corrected chi connectivity index (χ4v) is 3.15. The van der Waals surface area contributed by atoms with Crippen LogP contribution in [0.15, 0.2) is 34.7 Å². The SMILES string of the molecule is CCC1NC(=O)C(Cc2ccc(O)c(O)c2)N(Cc2ccc(C)o2)C1=O. The highest BCUT2D eigenvalue weighted by atomic mass is 16.3. The highest BCUT2D eigenvalue weighted by Crippen LogP contribution is 2.27. The zero-order valence-electron chi connectivity index (χ0n) is 14.7. The average Bonchev–Trinajstić information content (AvgIpc) is 3.02. The standard InChI is InChI=1S/C19H22N2O5/c1-3-14-19(25)21(10-13-6-4-11(2)26-13)15(18(24)20-14)8-12-5-7-16(22)17(23)9-12/h4-7,9,14-15,22-23H,3,8,10H2,1-2H3,(H,20,24). The number of carbonyl (C=O) groups is 2. The first kappa shape index (κ1) is 17.8. The van der Waals surface area contributed by atoms with Gasteiger partial charge in [-0.25, -0.2) is 0 Å². The summed E-state index contributed by atoms with van der Waals surface area (Å²) >= 11 is 0. The molecule has 0 bridgehead atoms. The van der Waals surface area contributed by atoms with Crippen LogP contribution < -0.4 is 5.32 Å². The van der Waals surface area contributed by atoms with E-state index >= 15 is 0 Å². The number of furan rings is 1. The van der Waals surface area contributed by atoms with Crippen molar-refractivity contribution in [2.45, 2.75) is 45.3 Å². The molecule has 26 heavy (non-hydrogen) atoms. The van der Waals surface area contributed by atoms with Gasteiger partial charge in [-0.2, -0.15) is 0 Å². The summed E-state index contributed by atoms with van der Waals surface area (Å²) in [6.45, 7) is 3.86. The van der Waals surface area contributed by atoms with E-state index in [1.54, 1.807) is 12.1 Å². The lowest BCUT2D eigenvalue weighted by molar-refractivity contribution is -0.150. The number of phenolic OH excluding ortho intramolecular Hbond substituents is 2. The molecule has 3 rings (SSSR count). The van der Waals surface area contributed by atoms with E-state index in [0.717, 1.165) is 5.76 Å². The molecule has 7 heteroatoms. The highest BCUT2D eigenvalue weighted by molar-refractivity contribution is 5.97. The maximum absolute atomic E-state index is 12.8. The second kappa shape index (κ2) is 7.11. The Kier molecular flexibility index (Phi) is 4.88. The smallest absolute Gasteiger partial charge is 0.246 e. The molecule has 0 radical (unpaired) electrons. The van der Waals surface area contributed by atoms with Crippen molar-refractivity contribution in [3.63, 3.8) is 0 Å². The predicted octanol–water partition coefficient (Wildman–Crippen LogP) is 1.85. The molecular weight excluding hydrogens is 336 g/mol. The fraction of sp³-hybridized carbons (Fsp3) is 0.368. The van der Waals surface area contributed by atoms with Gasteiger partial charge in [-0.15, -0.1) is 0 Å². The van der Waals surface area contributed by atoms with E-state index in [-0.39, 0.29) is 36.3 Å². The number of carbonyl (C=O) groups excluding carboxylic acids is 2. The number of rotatable bonds is 5. The van der Waals surface area contributed by atoms with Crippen LogP contribution in [0.4, 0.5) is 0 Å². The van der Waals surface area contributed by atoms with Gasteiger partial charge in [0.15, 0.2) is 11.5 Å². The summed E-state index contributed by atoms with van der Waals surface area (Å²) in [7, 11) is 0. The number of phenols is 2. The van der Waals surface area contributed by atoms with Crippen molar-refractivity contribution in [1.82, 2.24) is 10.2 Å². The van der Waals surface area contributed by atoms with Gasteiger partial charge >= 0.3 is 0 Å². The molecule has 1 aromatic heterocycles. The molecule has 0 aliphatic carbocycles. The van der Waals surface area contributed by atoms with E-state index in [2.05, 4.69) is 5.32 Å². The number of aromatic hydroxyl groups is 2. The molecule has 2 atom stereocenters. The van der Waals surface area contributed by atoms with Crippen LogP contribution in [0.25, 0.3) is 0 Å². The number of nitrogens with zero attached hydrogens (tertiary/aromatic N) is 1. The van der Waals surface area contributed by atoms with E-state index in [0.29, 0.717) is 17.7 Å². The van der Waals surface area contributed by atoms with Crippen LogP contribution in [0.5, 0.6) is 11.5 Å². The lowest BCUT2D eigenvalue weighted by Crippen LogP contribution is -2.63. The zero-order valence-corrected chi connectivity index (χ0v) is 14.7. The number of piperazine rings is 1. The molecule has 1 aliphatic rings. The van der Waals surface area contributed by atoms with Crippen molar-refractivity contribution in [1.29, 1.82) is 0 Å². The molecule has 2 unspecified atom stereocenters. The molecule has 1 fully saturated rings. The van der Waals surface area contributed by atoms with Crippen LogP contribution in [-0.2, 0) is 22.6 Å². The van der Waals surface area contributed by atoms with E-state index in [4.69, 9.17) is 4.42 Å². The van der Waals surface area contributed by atoms with Gasteiger partial charge in [0, 0.05) is 6.42 Å². The van der Waals surface area contributed by atoms with Crippen LogP contribution in [-0.4, -0.2) is 39.0 Å². The van der Waals surface area contributed by atoms with Gasteiger partial charge in [0.05, 0.1) is 6.54 Å². The Morgan fingerprint density at radius 3 is 2.54 bits per heavy atom. The predicted molar refractivity (Wildman–Crippen MR) is 93.5 cm³/mol. The topological polar surface area (TPSA) is 103 Å². The summed E-state index contributed by atoms with van der Waals surface area (Å²) in [4.78, 5) is 27.0. The number of nitrogens with one attached hydrogen (secondary N) is 1. The van der Waals surface area contributed by atoms with Crippen LogP contribution in [0.3, 0.4) is 0 Å². The minimum absolute atomic E-state index is 0.158. The van der Waals surface area contributed by atoms with Gasteiger partial charge in [0.25, 0.3) is 0 Å². The summed E-state index contributed by atoms with van der Waals surface area (Å²) < 4.78 is 5.57. The van der Waals surface area contributed by atoms with Crippen LogP contribution in [0, 0.1) is 6.92 Å². The molecule has 3 N–H and O–H groups in total. The summed E-state index contributed by atoms with van der Waals surface area (Å²) in [5.74, 6) is 0.456. The molecule has 1 aromatic carbocycles. The van der Waals surface area contributed by atoms with Gasteiger partial charge in [-0.3, -0.25) is 9.59 Å². The fourth-order valence-electron chi connectivity index (χ4n) is 3.15. The first-order valence-corrected chi connectivity index (χ1v) is 8.56. The van der Waals surface area contributed by atoms with E-state index in [9.17, 15) is 19.8 Å². The summed E-state index contributed by atoms with van der Waals surface area (Å²) in [6.07, 6.45) is 0.729. The first-order valence-electron chi connectivity index (χ1n) is 8.56. The largest absolute Gasteiger partial charge is 0.504 e. The van der Waals surface area contributed by atoms with Crippen molar-refractivity contribution in [2.24, 2.45) is 0 Å². The van der Waals surface area contributed by atoms with E-state index in [1.807, 2.05) is 19.9 Å². The quantitative estimate of drug-likeness (QED) is 0.708. The monoisotopic (exact) mass is 358 g/mol. The summed E-state index contributed by atoms with van der Waals surface area (Å²) in [5, 5.41) is 21.9. The first-order chi connectivity index (χ1) is 12.4. The Hall–Kier alpha value is -2.96. The normalized spacial score (nSPS) is 20.3. The van der Waals surface area contributed by atoms with Gasteiger partial charge in [-0.05, 0) is 43.2 Å². The minimum atomic E-state index is -0.723. The molecule has 0 saturated carbocycles. The lowest BCUT2D eigenvalue weighted by atomic mass is 9.98. The third kappa shape index (κ3) is 3.51. The lowest BCUT2D eigenvalue weighted by Gasteiger charge is -2.38. The Labute approximate surface area is 151 Å². The Morgan fingerprint density at radius 1 is 1.15 bits per heavy atom. The zero-order chi connectivity index (χ0) is 18.8. The second-order valence-electron chi connectivity index (χ2n) is 6.49. The maximum Gasteiger partial charge on any atom is 0.246 e. The van der Waals surface area contributed by atoms with Crippen molar-refractivity contribution < 1.29 is 24.2 Å². The molecule has 1 saturated heterocycles. The number of benzene rings is 1.